The monoisotopic (exact) mass is 473 g/mol. The Balaban J connectivity index is 1.58. The van der Waals surface area contributed by atoms with Gasteiger partial charge in [-0.05, 0) is 37.6 Å². The largest absolute Gasteiger partial charge is 0.448 e. The first-order valence-electron chi connectivity index (χ1n) is 9.71. The molecule has 2 amide bonds. The van der Waals surface area contributed by atoms with E-state index in [4.69, 9.17) is 4.74 Å². The van der Waals surface area contributed by atoms with Crippen molar-refractivity contribution in [1.82, 2.24) is 5.01 Å². The average molecular weight is 473 g/mol. The lowest BCUT2D eigenvalue weighted by Gasteiger charge is -2.27. The predicted molar refractivity (Wildman–Crippen MR) is 108 cm³/mol. The van der Waals surface area contributed by atoms with Gasteiger partial charge in [-0.25, -0.2) is 18.2 Å². The molecule has 0 bridgehead atoms. The summed E-state index contributed by atoms with van der Waals surface area (Å²) >= 11 is 0. The number of carbonyl (C=O) groups is 3. The van der Waals surface area contributed by atoms with E-state index in [9.17, 15) is 31.6 Å². The number of hydrogen-bond acceptors (Lipinski definition) is 8. The fourth-order valence-corrected chi connectivity index (χ4v) is 4.91. The minimum Gasteiger partial charge on any atom is -0.448 e. The number of hydrazone groups is 1. The molecular formula is C19H21F2N3O7S. The first kappa shape index (κ1) is 23.6. The number of nitrogens with one attached hydrogen (secondary N) is 1. The Hall–Kier alpha value is -3.09. The van der Waals surface area contributed by atoms with Gasteiger partial charge >= 0.3 is 12.6 Å². The third-order valence-corrected chi connectivity index (χ3v) is 6.60. The second kappa shape index (κ2) is 9.59. The van der Waals surface area contributed by atoms with Crippen LogP contribution in [0.5, 0.6) is 5.75 Å². The number of esters is 1. The number of carbonyl (C=O) groups excluding carboxylic acids is 3. The number of amides is 2. The Labute approximate surface area is 182 Å². The zero-order valence-electron chi connectivity index (χ0n) is 17.0. The minimum atomic E-state index is -3.25. The lowest BCUT2D eigenvalue weighted by Crippen LogP contribution is -2.42. The van der Waals surface area contributed by atoms with E-state index in [1.165, 1.54) is 31.2 Å². The van der Waals surface area contributed by atoms with E-state index < -0.39 is 40.5 Å². The topological polar surface area (TPSA) is 131 Å². The number of halogens is 2. The maximum absolute atomic E-state index is 12.4. The molecule has 3 rings (SSSR count). The van der Waals surface area contributed by atoms with Crippen molar-refractivity contribution >= 4 is 39.0 Å². The van der Waals surface area contributed by atoms with E-state index in [1.807, 2.05) is 0 Å². The van der Waals surface area contributed by atoms with E-state index >= 15 is 0 Å². The standard InChI is InChI=1S/C19H21F2N3O7S/c1-11(17(26)22-12-2-4-14(5-3-12)31-19(20)21)30-18(27)15-6-7-16(25)24(23-15)13-8-9-32(28,29)10-13/h2-5,11,13,19H,6-10H2,1H3,(H,22,26)/t11-,13-/m1/s1. The van der Waals surface area contributed by atoms with Gasteiger partial charge in [0.2, 0.25) is 5.91 Å². The van der Waals surface area contributed by atoms with Crippen LogP contribution in [0.15, 0.2) is 29.4 Å². The van der Waals surface area contributed by atoms with Gasteiger partial charge in [-0.15, -0.1) is 0 Å². The van der Waals surface area contributed by atoms with Gasteiger partial charge in [0.1, 0.15) is 11.5 Å². The van der Waals surface area contributed by atoms with Crippen molar-refractivity contribution < 1.29 is 41.1 Å². The molecule has 0 unspecified atom stereocenters. The number of ether oxygens (including phenoxy) is 2. The number of anilines is 1. The molecule has 10 nitrogen and oxygen atoms in total. The zero-order chi connectivity index (χ0) is 23.5. The Morgan fingerprint density at radius 2 is 1.91 bits per heavy atom. The van der Waals surface area contributed by atoms with Crippen LogP contribution in [0, 0.1) is 0 Å². The fraction of sp³-hybridized carbons (Fsp3) is 0.474. The molecule has 2 heterocycles. The molecule has 2 atom stereocenters. The van der Waals surface area contributed by atoms with Gasteiger partial charge in [0.25, 0.3) is 5.91 Å². The van der Waals surface area contributed by atoms with Gasteiger partial charge < -0.3 is 14.8 Å². The Morgan fingerprint density at radius 3 is 2.50 bits per heavy atom. The van der Waals surface area contributed by atoms with Crippen LogP contribution in [0.3, 0.4) is 0 Å². The third kappa shape index (κ3) is 5.99. The zero-order valence-corrected chi connectivity index (χ0v) is 17.8. The Kier molecular flexibility index (Phi) is 7.06. The maximum Gasteiger partial charge on any atom is 0.387 e. The highest BCUT2D eigenvalue weighted by molar-refractivity contribution is 7.91. The summed E-state index contributed by atoms with van der Waals surface area (Å²) in [6.45, 7) is -1.64. The third-order valence-electron chi connectivity index (χ3n) is 4.85. The summed E-state index contributed by atoms with van der Waals surface area (Å²) < 4.78 is 57.1. The van der Waals surface area contributed by atoms with Crippen molar-refractivity contribution in [2.24, 2.45) is 5.10 Å². The van der Waals surface area contributed by atoms with E-state index in [1.54, 1.807) is 0 Å². The second-order valence-electron chi connectivity index (χ2n) is 7.28. The van der Waals surface area contributed by atoms with Crippen molar-refractivity contribution in [3.8, 4) is 5.75 Å². The normalized spacial score (nSPS) is 21.1. The number of hydrogen-bond donors (Lipinski definition) is 1. The van der Waals surface area contributed by atoms with Crippen LogP contribution in [0.25, 0.3) is 0 Å². The number of alkyl halides is 2. The van der Waals surface area contributed by atoms with Gasteiger partial charge in [0.05, 0.1) is 17.5 Å². The highest BCUT2D eigenvalue weighted by Gasteiger charge is 2.37. The molecule has 0 aliphatic carbocycles. The molecule has 1 aromatic carbocycles. The van der Waals surface area contributed by atoms with Gasteiger partial charge in [0.15, 0.2) is 15.9 Å². The Morgan fingerprint density at radius 1 is 1.22 bits per heavy atom. The molecule has 2 aliphatic rings. The second-order valence-corrected chi connectivity index (χ2v) is 9.51. The maximum atomic E-state index is 12.4. The molecule has 1 fully saturated rings. The van der Waals surface area contributed by atoms with Crippen LogP contribution in [0.1, 0.15) is 26.2 Å². The fourth-order valence-electron chi connectivity index (χ4n) is 3.22. The minimum absolute atomic E-state index is 0.00751. The number of nitrogens with zero attached hydrogens (tertiary/aromatic N) is 2. The number of sulfone groups is 1. The molecule has 32 heavy (non-hydrogen) atoms. The van der Waals surface area contributed by atoms with Gasteiger partial charge in [0, 0.05) is 18.5 Å². The van der Waals surface area contributed by atoms with Crippen LogP contribution in [0.4, 0.5) is 14.5 Å². The van der Waals surface area contributed by atoms with Crippen LogP contribution in [-0.4, -0.2) is 67.2 Å². The highest BCUT2D eigenvalue weighted by Crippen LogP contribution is 2.23. The van der Waals surface area contributed by atoms with Crippen LogP contribution in [-0.2, 0) is 29.0 Å². The van der Waals surface area contributed by atoms with Crippen LogP contribution >= 0.6 is 0 Å². The summed E-state index contributed by atoms with van der Waals surface area (Å²) in [5.74, 6) is -2.30. The van der Waals surface area contributed by atoms with Crippen molar-refractivity contribution in [2.45, 2.75) is 44.9 Å². The average Bonchev–Trinajstić information content (AvgIpc) is 3.08. The summed E-state index contributed by atoms with van der Waals surface area (Å²) in [5, 5.41) is 7.49. The lowest BCUT2D eigenvalue weighted by molar-refractivity contribution is -0.147. The summed E-state index contributed by atoms with van der Waals surface area (Å²) in [6.07, 6.45) is -1.01. The molecule has 0 aromatic heterocycles. The van der Waals surface area contributed by atoms with E-state index in [-0.39, 0.29) is 53.8 Å². The van der Waals surface area contributed by atoms with E-state index in [0.717, 1.165) is 5.01 Å². The van der Waals surface area contributed by atoms with Crippen LogP contribution in [0.2, 0.25) is 0 Å². The number of benzene rings is 1. The SMILES string of the molecule is C[C@@H](OC(=O)C1=NN([C@@H]2CCS(=O)(=O)C2)C(=O)CC1)C(=O)Nc1ccc(OC(F)F)cc1. The molecule has 13 heteroatoms. The molecule has 1 N–H and O–H groups in total. The van der Waals surface area contributed by atoms with Gasteiger partial charge in [-0.3, -0.25) is 9.59 Å². The van der Waals surface area contributed by atoms with Crippen LogP contribution < -0.4 is 10.1 Å². The summed E-state index contributed by atoms with van der Waals surface area (Å²) in [5.41, 5.74) is 0.191. The molecule has 174 valence electrons. The summed E-state index contributed by atoms with van der Waals surface area (Å²) in [4.78, 5) is 36.8. The van der Waals surface area contributed by atoms with E-state index in [0.29, 0.717) is 0 Å². The molecule has 0 radical (unpaired) electrons. The quantitative estimate of drug-likeness (QED) is 0.591. The van der Waals surface area contributed by atoms with Crippen molar-refractivity contribution in [3.05, 3.63) is 24.3 Å². The predicted octanol–water partition coefficient (Wildman–Crippen LogP) is 1.32. The molecule has 1 aromatic rings. The molecule has 1 saturated heterocycles. The summed E-state index contributed by atoms with van der Waals surface area (Å²) in [6, 6.07) is 4.53. The molecule has 0 spiro atoms. The number of rotatable bonds is 7. The highest BCUT2D eigenvalue weighted by atomic mass is 32.2. The van der Waals surface area contributed by atoms with E-state index in [2.05, 4.69) is 15.2 Å². The van der Waals surface area contributed by atoms with Crippen molar-refractivity contribution in [2.75, 3.05) is 16.8 Å². The lowest BCUT2D eigenvalue weighted by atomic mass is 10.1. The van der Waals surface area contributed by atoms with Crippen molar-refractivity contribution in [3.63, 3.8) is 0 Å². The Bertz CT molecular complexity index is 1030. The smallest absolute Gasteiger partial charge is 0.387 e. The van der Waals surface area contributed by atoms with Gasteiger partial charge in [-0.1, -0.05) is 0 Å². The summed E-state index contributed by atoms with van der Waals surface area (Å²) in [7, 11) is -3.25. The van der Waals surface area contributed by atoms with Gasteiger partial charge in [-0.2, -0.15) is 13.9 Å². The first-order valence-corrected chi connectivity index (χ1v) is 11.5. The molecule has 0 saturated carbocycles. The molecule has 2 aliphatic heterocycles. The first-order chi connectivity index (χ1) is 15.0. The molecular weight excluding hydrogens is 452 g/mol. The van der Waals surface area contributed by atoms with Crippen molar-refractivity contribution in [1.29, 1.82) is 0 Å².